The number of likely N-dealkylation sites (N-methyl/N-ethyl adjacent to an activating group) is 1. The minimum Gasteiger partial charge on any atom is -0.498 e. The smallest absolute Gasteiger partial charge is 0.361 e. The first-order chi connectivity index (χ1) is 20.0. The number of carbonyl (C=O) groups excluding carboxylic acids is 1. The first-order valence-electron chi connectivity index (χ1n) is 15.9. The highest BCUT2D eigenvalue weighted by atomic mass is 17.9. The molecule has 0 spiro atoms. The van der Waals surface area contributed by atoms with Crippen molar-refractivity contribution in [1.29, 1.82) is 0 Å². The second kappa shape index (κ2) is 31.5. The number of carbonyl (C=O) groups is 1. The number of quaternary nitrogens is 1. The predicted molar refractivity (Wildman–Crippen MR) is 155 cm³/mol. The van der Waals surface area contributed by atoms with Gasteiger partial charge in [0.05, 0.1) is 27.2 Å². The predicted octanol–water partition coefficient (Wildman–Crippen LogP) is 7.76. The van der Waals surface area contributed by atoms with E-state index in [-0.39, 0.29) is 19.2 Å². The van der Waals surface area contributed by atoms with Crippen molar-refractivity contribution in [1.82, 2.24) is 0 Å². The maximum absolute atomic E-state index is 12.1. The second-order valence-corrected chi connectivity index (χ2v) is 11.1. The molecule has 0 aliphatic carbocycles. The fraction of sp³-hybridized carbons (Fsp3) is 0.900. The average molecular weight is 595 g/mol. The van der Waals surface area contributed by atoms with E-state index < -0.39 is 0 Å². The van der Waals surface area contributed by atoms with E-state index >= 15 is 0 Å². The molecule has 0 unspecified atom stereocenters. The van der Waals surface area contributed by atoms with Crippen LogP contribution in [0.5, 0.6) is 0 Å². The van der Waals surface area contributed by atoms with Crippen LogP contribution in [-0.4, -0.2) is 57.5 Å². The van der Waals surface area contributed by atoms with Crippen molar-refractivity contribution in [2.45, 2.75) is 129 Å². The SMILES string of the molecule is CCCCCCCCCCCCO/C=C\OOOOOOOCCOC(=O)C[N+](C)(C)CCCCCCCCCC. The van der Waals surface area contributed by atoms with Gasteiger partial charge in [0, 0.05) is 15.1 Å². The van der Waals surface area contributed by atoms with E-state index in [2.05, 4.69) is 48.8 Å². The van der Waals surface area contributed by atoms with Gasteiger partial charge in [-0.3, -0.25) is 0 Å². The Morgan fingerprint density at radius 3 is 1.68 bits per heavy atom. The summed E-state index contributed by atoms with van der Waals surface area (Å²) in [5.74, 6) is -0.301. The molecule has 0 aliphatic heterocycles. The lowest BCUT2D eigenvalue weighted by molar-refractivity contribution is -0.883. The molecule has 0 saturated carbocycles. The van der Waals surface area contributed by atoms with Gasteiger partial charge in [0.25, 0.3) is 0 Å². The Morgan fingerprint density at radius 1 is 0.561 bits per heavy atom. The van der Waals surface area contributed by atoms with Crippen LogP contribution in [0.15, 0.2) is 12.5 Å². The van der Waals surface area contributed by atoms with Crippen LogP contribution in [0.2, 0.25) is 0 Å². The molecule has 0 rings (SSSR count). The highest BCUT2D eigenvalue weighted by Gasteiger charge is 2.20. The molecule has 0 aromatic heterocycles. The molecule has 0 aliphatic rings. The van der Waals surface area contributed by atoms with Gasteiger partial charge in [-0.15, -0.1) is 0 Å². The van der Waals surface area contributed by atoms with Crippen LogP contribution >= 0.6 is 0 Å². The summed E-state index contributed by atoms with van der Waals surface area (Å²) in [6.45, 7) is 6.25. The Labute approximate surface area is 248 Å². The van der Waals surface area contributed by atoms with Gasteiger partial charge in [0.2, 0.25) is 0 Å². The fourth-order valence-corrected chi connectivity index (χ4v) is 4.27. The van der Waals surface area contributed by atoms with Gasteiger partial charge in [0.15, 0.2) is 12.8 Å². The Kier molecular flexibility index (Phi) is 30.3. The topological polar surface area (TPSA) is 100 Å². The summed E-state index contributed by atoms with van der Waals surface area (Å²) in [6.07, 6.45) is 25.3. The molecular formula is C30H60NO10+. The van der Waals surface area contributed by atoms with Gasteiger partial charge < -0.3 is 18.8 Å². The molecule has 0 heterocycles. The van der Waals surface area contributed by atoms with Crippen LogP contribution in [0.3, 0.4) is 0 Å². The molecule has 11 nitrogen and oxygen atoms in total. The standard InChI is InChI=1S/C30H60NO10/c1-5-7-9-11-13-15-16-18-20-22-24-33-25-27-35-37-39-41-40-38-36-28-26-34-30(32)29-31(3,4)23-21-19-17-14-12-10-8-6-2/h25,27H,5-24,26,28-29H2,1-4H3/q+1/b27-25-. The van der Waals surface area contributed by atoms with Crippen molar-refractivity contribution < 1.29 is 53.7 Å². The van der Waals surface area contributed by atoms with Gasteiger partial charge in [-0.2, -0.15) is 0 Å². The molecule has 41 heavy (non-hydrogen) atoms. The summed E-state index contributed by atoms with van der Waals surface area (Å²) in [5.41, 5.74) is 0. The van der Waals surface area contributed by atoms with Crippen LogP contribution in [0.25, 0.3) is 0 Å². The zero-order chi connectivity index (χ0) is 30.1. The van der Waals surface area contributed by atoms with Crippen molar-refractivity contribution in [3.8, 4) is 0 Å². The van der Waals surface area contributed by atoms with E-state index in [4.69, 9.17) is 9.47 Å². The van der Waals surface area contributed by atoms with Crippen LogP contribution in [-0.2, 0) is 49.2 Å². The molecule has 0 saturated heterocycles. The molecule has 0 aromatic carbocycles. The van der Waals surface area contributed by atoms with E-state index in [1.54, 1.807) is 0 Å². The lowest BCUT2D eigenvalue weighted by Gasteiger charge is -2.28. The summed E-state index contributed by atoms with van der Waals surface area (Å²) < 4.78 is 11.0. The van der Waals surface area contributed by atoms with Crippen LogP contribution in [0.4, 0.5) is 0 Å². The number of unbranched alkanes of at least 4 members (excludes halogenated alkanes) is 16. The lowest BCUT2D eigenvalue weighted by Crippen LogP contribution is -2.45. The maximum atomic E-state index is 12.1. The highest BCUT2D eigenvalue weighted by molar-refractivity contribution is 5.70. The Morgan fingerprint density at radius 2 is 1.07 bits per heavy atom. The quantitative estimate of drug-likeness (QED) is 0.0187. The molecule has 0 bridgehead atoms. The normalized spacial score (nSPS) is 11.8. The molecule has 0 fully saturated rings. The van der Waals surface area contributed by atoms with Crippen molar-refractivity contribution in [3.05, 3.63) is 12.5 Å². The largest absolute Gasteiger partial charge is 0.498 e. The zero-order valence-electron chi connectivity index (χ0n) is 26.4. The third-order valence-corrected chi connectivity index (χ3v) is 6.63. The maximum Gasteiger partial charge on any atom is 0.361 e. The summed E-state index contributed by atoms with van der Waals surface area (Å²) in [6, 6.07) is 0. The molecule has 0 atom stereocenters. The van der Waals surface area contributed by atoms with E-state index in [0.717, 1.165) is 32.1 Å². The van der Waals surface area contributed by atoms with Crippen molar-refractivity contribution >= 4 is 5.97 Å². The summed E-state index contributed by atoms with van der Waals surface area (Å²) >= 11 is 0. The fourth-order valence-electron chi connectivity index (χ4n) is 4.27. The number of rotatable bonds is 33. The van der Waals surface area contributed by atoms with Crippen molar-refractivity contribution in [3.63, 3.8) is 0 Å². The van der Waals surface area contributed by atoms with E-state index in [1.807, 2.05) is 14.1 Å². The Hall–Kier alpha value is -1.47. The van der Waals surface area contributed by atoms with Crippen molar-refractivity contribution in [2.75, 3.05) is 47.0 Å². The number of esters is 1. The molecule has 0 amide bonds. The van der Waals surface area contributed by atoms with E-state index in [0.29, 0.717) is 17.6 Å². The Balaban J connectivity index is 3.37. The van der Waals surface area contributed by atoms with Crippen LogP contribution in [0.1, 0.15) is 129 Å². The molecule has 0 radical (unpaired) electrons. The van der Waals surface area contributed by atoms with Gasteiger partial charge in [0.1, 0.15) is 19.5 Å². The van der Waals surface area contributed by atoms with Gasteiger partial charge in [-0.25, -0.2) is 9.68 Å². The number of hydrogen-bond donors (Lipinski definition) is 0. The molecule has 11 heteroatoms. The molecule has 0 N–H and O–H groups in total. The first kappa shape index (κ1) is 39.5. The van der Waals surface area contributed by atoms with Gasteiger partial charge in [-0.05, 0) is 29.3 Å². The Bertz CT molecular complexity index is 577. The summed E-state index contributed by atoms with van der Waals surface area (Å²) in [4.78, 5) is 21.2. The monoisotopic (exact) mass is 594 g/mol. The van der Waals surface area contributed by atoms with E-state index in [9.17, 15) is 4.79 Å². The van der Waals surface area contributed by atoms with Gasteiger partial charge in [-0.1, -0.05) is 110 Å². The van der Waals surface area contributed by atoms with Gasteiger partial charge >= 0.3 is 5.97 Å². The van der Waals surface area contributed by atoms with E-state index in [1.165, 1.54) is 103 Å². The minimum absolute atomic E-state index is 0.00431. The number of hydrogen-bond acceptors (Lipinski definition) is 10. The molecule has 244 valence electrons. The number of ether oxygens (including phenoxy) is 2. The molecule has 0 aromatic rings. The van der Waals surface area contributed by atoms with Crippen molar-refractivity contribution in [2.24, 2.45) is 0 Å². The summed E-state index contributed by atoms with van der Waals surface area (Å²) in [5, 5.41) is 20.6. The summed E-state index contributed by atoms with van der Waals surface area (Å²) in [7, 11) is 4.06. The lowest BCUT2D eigenvalue weighted by atomic mass is 10.1. The minimum atomic E-state index is -0.301. The molecular weight excluding hydrogens is 534 g/mol. The average Bonchev–Trinajstić information content (AvgIpc) is 2.94. The van der Waals surface area contributed by atoms with Crippen LogP contribution in [0, 0.1) is 0 Å². The zero-order valence-corrected chi connectivity index (χ0v) is 26.4. The third-order valence-electron chi connectivity index (χ3n) is 6.63. The van der Waals surface area contributed by atoms with Crippen LogP contribution < -0.4 is 0 Å². The second-order valence-electron chi connectivity index (χ2n) is 11.1. The highest BCUT2D eigenvalue weighted by Crippen LogP contribution is 2.11. The third kappa shape index (κ3) is 32.9. The first-order valence-corrected chi connectivity index (χ1v) is 15.9. The number of nitrogens with zero attached hydrogens (tertiary/aromatic N) is 1.